The first-order chi connectivity index (χ1) is 9.83. The Morgan fingerprint density at radius 3 is 2.19 bits per heavy atom. The lowest BCUT2D eigenvalue weighted by Gasteiger charge is -2.27. The molecule has 0 aliphatic heterocycles. The molecule has 4 atom stereocenters. The van der Waals surface area contributed by atoms with Gasteiger partial charge in [-0.3, -0.25) is 4.79 Å². The van der Waals surface area contributed by atoms with Crippen molar-refractivity contribution < 1.29 is 35.2 Å². The van der Waals surface area contributed by atoms with Crippen LogP contribution >= 0.6 is 0 Å². The number of aliphatic hydroxyl groups excluding tert-OH is 5. The molecule has 5 N–H and O–H groups in total. The van der Waals surface area contributed by atoms with E-state index in [9.17, 15) is 25.2 Å². The summed E-state index contributed by atoms with van der Waals surface area (Å²) in [4.78, 5) is 16.4. The molecule has 21 heavy (non-hydrogen) atoms. The number of rotatable bonds is 11. The Labute approximate surface area is 124 Å². The topological polar surface area (TPSA) is 131 Å². The van der Waals surface area contributed by atoms with Crippen LogP contribution in [0.15, 0.2) is 0 Å². The third-order valence-electron chi connectivity index (χ3n) is 3.01. The van der Waals surface area contributed by atoms with Crippen LogP contribution in [0.3, 0.4) is 0 Å². The Kier molecular flexibility index (Phi) is 10.5. The number of hydroxylamine groups is 2. The average molecular weight is 309 g/mol. The van der Waals surface area contributed by atoms with Gasteiger partial charge in [0.05, 0.1) is 19.3 Å². The first kappa shape index (κ1) is 20.2. The van der Waals surface area contributed by atoms with Gasteiger partial charge in [-0.1, -0.05) is 19.8 Å². The van der Waals surface area contributed by atoms with E-state index < -0.39 is 37.0 Å². The lowest BCUT2D eigenvalue weighted by Crippen LogP contribution is -2.49. The molecule has 0 aromatic heterocycles. The van der Waals surface area contributed by atoms with Crippen LogP contribution in [0.25, 0.3) is 0 Å². The zero-order chi connectivity index (χ0) is 16.4. The van der Waals surface area contributed by atoms with Crippen molar-refractivity contribution in [3.8, 4) is 0 Å². The smallest absolute Gasteiger partial charge is 0.325 e. The molecule has 0 amide bonds. The molecule has 126 valence electrons. The van der Waals surface area contributed by atoms with E-state index in [1.165, 1.54) is 7.05 Å². The molecule has 0 aliphatic carbocycles. The summed E-state index contributed by atoms with van der Waals surface area (Å²) in [6, 6.07) is 0. The fourth-order valence-electron chi connectivity index (χ4n) is 1.71. The molecule has 0 aromatic carbocycles. The van der Waals surface area contributed by atoms with Gasteiger partial charge in [-0.2, -0.15) is 0 Å². The van der Waals surface area contributed by atoms with Gasteiger partial charge in [-0.15, -0.1) is 5.06 Å². The van der Waals surface area contributed by atoms with Gasteiger partial charge in [0.15, 0.2) is 0 Å². The van der Waals surface area contributed by atoms with Gasteiger partial charge in [0.1, 0.15) is 18.3 Å². The van der Waals surface area contributed by atoms with Crippen molar-refractivity contribution in [2.24, 2.45) is 0 Å². The van der Waals surface area contributed by atoms with Crippen molar-refractivity contribution in [2.45, 2.75) is 57.0 Å². The van der Waals surface area contributed by atoms with Gasteiger partial charge in [-0.25, -0.2) is 0 Å². The van der Waals surface area contributed by atoms with Gasteiger partial charge in [0.2, 0.25) is 0 Å². The number of aliphatic hydroxyl groups is 5. The normalized spacial score (nSPS) is 17.3. The van der Waals surface area contributed by atoms with Gasteiger partial charge in [-0.05, 0) is 6.42 Å². The first-order valence-electron chi connectivity index (χ1n) is 7.08. The SMILES string of the molecule is CCCCCC(=O)ON(C)C[C@H](O)[C@@H](O)[C@H](O)[C@H](O)CO. The van der Waals surface area contributed by atoms with Crippen LogP contribution in [0.5, 0.6) is 0 Å². The summed E-state index contributed by atoms with van der Waals surface area (Å²) in [5, 5.41) is 47.6. The van der Waals surface area contributed by atoms with E-state index in [1.807, 2.05) is 6.92 Å². The predicted octanol–water partition coefficient (Wildman–Crippen LogP) is -1.61. The van der Waals surface area contributed by atoms with Crippen molar-refractivity contribution >= 4 is 5.97 Å². The van der Waals surface area contributed by atoms with E-state index in [1.54, 1.807) is 0 Å². The molecule has 0 rings (SSSR count). The minimum Gasteiger partial charge on any atom is -0.394 e. The summed E-state index contributed by atoms with van der Waals surface area (Å²) in [5.74, 6) is -0.441. The number of hydrogen-bond acceptors (Lipinski definition) is 8. The van der Waals surface area contributed by atoms with Crippen LogP contribution in [0.1, 0.15) is 32.6 Å². The van der Waals surface area contributed by atoms with E-state index >= 15 is 0 Å². The minimum absolute atomic E-state index is 0.240. The van der Waals surface area contributed by atoms with Crippen molar-refractivity contribution in [1.29, 1.82) is 0 Å². The lowest BCUT2D eigenvalue weighted by molar-refractivity contribution is -0.196. The van der Waals surface area contributed by atoms with E-state index in [0.29, 0.717) is 0 Å². The minimum atomic E-state index is -1.70. The van der Waals surface area contributed by atoms with Crippen LogP contribution in [0.4, 0.5) is 0 Å². The quantitative estimate of drug-likeness (QED) is 0.228. The molecule has 0 spiro atoms. The highest BCUT2D eigenvalue weighted by Crippen LogP contribution is 2.07. The summed E-state index contributed by atoms with van der Waals surface area (Å²) >= 11 is 0. The first-order valence-corrected chi connectivity index (χ1v) is 7.08. The average Bonchev–Trinajstić information content (AvgIpc) is 2.44. The Balaban J connectivity index is 4.13. The number of unbranched alkanes of at least 4 members (excludes halogenated alkanes) is 2. The maximum atomic E-state index is 11.4. The fourth-order valence-corrected chi connectivity index (χ4v) is 1.71. The third kappa shape index (κ3) is 8.30. The zero-order valence-electron chi connectivity index (χ0n) is 12.6. The van der Waals surface area contributed by atoms with Crippen LogP contribution in [-0.2, 0) is 9.63 Å². The molecular weight excluding hydrogens is 282 g/mol. The molecule has 0 aromatic rings. The zero-order valence-corrected chi connectivity index (χ0v) is 12.6. The predicted molar refractivity (Wildman–Crippen MR) is 74.0 cm³/mol. The summed E-state index contributed by atoms with van der Waals surface area (Å²) in [5.41, 5.74) is 0. The second-order valence-corrected chi connectivity index (χ2v) is 5.03. The van der Waals surface area contributed by atoms with Gasteiger partial charge in [0.25, 0.3) is 0 Å². The molecule has 0 fully saturated rings. The van der Waals surface area contributed by atoms with Crippen molar-refractivity contribution in [3.63, 3.8) is 0 Å². The number of likely N-dealkylation sites (N-methyl/N-ethyl adjacent to an activating group) is 1. The summed E-state index contributed by atoms with van der Waals surface area (Å²) in [7, 11) is 1.41. The molecule has 0 bridgehead atoms. The number of hydrogen-bond donors (Lipinski definition) is 5. The summed E-state index contributed by atoms with van der Waals surface area (Å²) < 4.78 is 0. The number of carbonyl (C=O) groups excluding carboxylic acids is 1. The van der Waals surface area contributed by atoms with Gasteiger partial charge in [0, 0.05) is 13.5 Å². The van der Waals surface area contributed by atoms with Gasteiger partial charge >= 0.3 is 5.97 Å². The van der Waals surface area contributed by atoms with Crippen molar-refractivity contribution in [2.75, 3.05) is 20.2 Å². The second kappa shape index (κ2) is 10.9. The van der Waals surface area contributed by atoms with E-state index in [2.05, 4.69) is 0 Å². The molecule has 0 aliphatic rings. The molecule has 0 radical (unpaired) electrons. The van der Waals surface area contributed by atoms with Gasteiger partial charge < -0.3 is 30.4 Å². The fraction of sp³-hybridized carbons (Fsp3) is 0.923. The molecular formula is C13H27NO7. The monoisotopic (exact) mass is 309 g/mol. The maximum absolute atomic E-state index is 11.4. The van der Waals surface area contributed by atoms with E-state index in [-0.39, 0.29) is 13.0 Å². The second-order valence-electron chi connectivity index (χ2n) is 5.03. The molecule has 0 heterocycles. The molecule has 0 saturated carbocycles. The molecule has 0 saturated heterocycles. The number of carbonyl (C=O) groups is 1. The van der Waals surface area contributed by atoms with Crippen LogP contribution in [0.2, 0.25) is 0 Å². The highest BCUT2D eigenvalue weighted by molar-refractivity contribution is 5.68. The third-order valence-corrected chi connectivity index (χ3v) is 3.01. The van der Waals surface area contributed by atoms with E-state index in [0.717, 1.165) is 24.3 Å². The van der Waals surface area contributed by atoms with Crippen molar-refractivity contribution in [1.82, 2.24) is 5.06 Å². The summed E-state index contributed by atoms with van der Waals surface area (Å²) in [6.45, 7) is 1.03. The van der Waals surface area contributed by atoms with Crippen molar-refractivity contribution in [3.05, 3.63) is 0 Å². The van der Waals surface area contributed by atoms with Crippen LogP contribution in [0, 0.1) is 0 Å². The standard InChI is InChI=1S/C13H27NO7/c1-3-4-5-6-11(18)21-14(2)7-9(16)12(19)13(20)10(17)8-15/h9-10,12-13,15-17,19-20H,3-8H2,1-2H3/t9-,10+,12+,13+/m0/s1. The Hall–Kier alpha value is -0.770. The summed E-state index contributed by atoms with van der Waals surface area (Å²) in [6.07, 6.45) is -3.48. The van der Waals surface area contributed by atoms with E-state index in [4.69, 9.17) is 9.94 Å². The molecule has 0 unspecified atom stereocenters. The van der Waals surface area contributed by atoms with Crippen LogP contribution < -0.4 is 0 Å². The Bertz CT molecular complexity index is 290. The highest BCUT2D eigenvalue weighted by Gasteiger charge is 2.31. The molecule has 8 nitrogen and oxygen atoms in total. The largest absolute Gasteiger partial charge is 0.394 e. The highest BCUT2D eigenvalue weighted by atomic mass is 16.7. The van der Waals surface area contributed by atoms with Crippen LogP contribution in [-0.4, -0.2) is 81.2 Å². The maximum Gasteiger partial charge on any atom is 0.325 e. The lowest BCUT2D eigenvalue weighted by atomic mass is 10.0. The molecule has 8 heteroatoms. The Morgan fingerprint density at radius 2 is 1.67 bits per heavy atom. The number of nitrogens with zero attached hydrogens (tertiary/aromatic N) is 1. The Morgan fingerprint density at radius 1 is 1.10 bits per heavy atom.